The van der Waals surface area contributed by atoms with E-state index < -0.39 is 0 Å². The Labute approximate surface area is 111 Å². The molecule has 2 aromatic rings. The third-order valence-electron chi connectivity index (χ3n) is 2.54. The predicted molar refractivity (Wildman–Crippen MR) is 74.5 cm³/mol. The van der Waals surface area contributed by atoms with Gasteiger partial charge in [0.05, 0.1) is 12.5 Å². The Kier molecular flexibility index (Phi) is 3.78. The van der Waals surface area contributed by atoms with Crippen molar-refractivity contribution in [2.45, 2.75) is 6.42 Å². The molecule has 6 nitrogen and oxygen atoms in total. The Balaban J connectivity index is 2.40. The maximum Gasteiger partial charge on any atom is 0.223 e. The second kappa shape index (κ2) is 5.69. The lowest BCUT2D eigenvalue weighted by molar-refractivity contribution is 0.923. The lowest BCUT2D eigenvalue weighted by Gasteiger charge is -2.23. The highest BCUT2D eigenvalue weighted by Crippen LogP contribution is 2.25. The van der Waals surface area contributed by atoms with Gasteiger partial charge in [-0.3, -0.25) is 0 Å². The van der Waals surface area contributed by atoms with Crippen molar-refractivity contribution < 1.29 is 0 Å². The van der Waals surface area contributed by atoms with E-state index in [1.54, 1.807) is 6.07 Å². The average molecular weight is 254 g/mol. The van der Waals surface area contributed by atoms with Gasteiger partial charge < -0.3 is 16.4 Å². The Bertz CT molecular complexity index is 570. The minimum Gasteiger partial charge on any atom is -0.383 e. The normalized spacial score (nSPS) is 9.84. The van der Waals surface area contributed by atoms with Gasteiger partial charge in [-0.05, 0) is 12.1 Å². The molecule has 0 aliphatic carbocycles. The van der Waals surface area contributed by atoms with Crippen LogP contribution in [0.3, 0.4) is 0 Å². The first-order chi connectivity index (χ1) is 9.20. The molecule has 0 unspecified atom stereocenters. The van der Waals surface area contributed by atoms with Crippen LogP contribution in [0.5, 0.6) is 0 Å². The van der Waals surface area contributed by atoms with Gasteiger partial charge in [0.25, 0.3) is 0 Å². The van der Waals surface area contributed by atoms with Crippen molar-refractivity contribution in [3.63, 3.8) is 0 Å². The number of hydrogen-bond acceptors (Lipinski definition) is 6. The van der Waals surface area contributed by atoms with Gasteiger partial charge in [-0.2, -0.15) is 15.2 Å². The molecule has 0 radical (unpaired) electrons. The van der Waals surface area contributed by atoms with Gasteiger partial charge in [-0.15, -0.1) is 0 Å². The number of para-hydroxylation sites is 1. The molecule has 6 heteroatoms. The SMILES string of the molecule is N#CCCN(c1ccccc1)c1cc(N)nc(N)n1. The highest BCUT2D eigenvalue weighted by Gasteiger charge is 2.11. The molecule has 1 heterocycles. The Morgan fingerprint density at radius 1 is 1.16 bits per heavy atom. The molecule has 0 bridgehead atoms. The zero-order valence-electron chi connectivity index (χ0n) is 10.3. The molecule has 96 valence electrons. The molecule has 1 aromatic carbocycles. The second-order valence-electron chi connectivity index (χ2n) is 3.90. The topological polar surface area (TPSA) is 105 Å². The minimum absolute atomic E-state index is 0.118. The van der Waals surface area contributed by atoms with Crippen LogP contribution >= 0.6 is 0 Å². The first-order valence-electron chi connectivity index (χ1n) is 5.80. The van der Waals surface area contributed by atoms with Crippen molar-refractivity contribution in [1.82, 2.24) is 9.97 Å². The van der Waals surface area contributed by atoms with E-state index in [0.717, 1.165) is 5.69 Å². The molecule has 0 amide bonds. The number of nitriles is 1. The fourth-order valence-electron chi connectivity index (χ4n) is 1.76. The third kappa shape index (κ3) is 3.10. The van der Waals surface area contributed by atoms with Crippen LogP contribution in [0.2, 0.25) is 0 Å². The minimum atomic E-state index is 0.118. The Morgan fingerprint density at radius 2 is 1.89 bits per heavy atom. The number of hydrogen-bond donors (Lipinski definition) is 2. The smallest absolute Gasteiger partial charge is 0.223 e. The third-order valence-corrected chi connectivity index (χ3v) is 2.54. The van der Waals surface area contributed by atoms with Crippen LogP contribution in [0.1, 0.15) is 6.42 Å². The summed E-state index contributed by atoms with van der Waals surface area (Å²) < 4.78 is 0. The Hall–Kier alpha value is -2.81. The molecule has 0 spiro atoms. The summed E-state index contributed by atoms with van der Waals surface area (Å²) in [6.45, 7) is 0.510. The zero-order chi connectivity index (χ0) is 13.7. The average Bonchev–Trinajstić information content (AvgIpc) is 2.39. The summed E-state index contributed by atoms with van der Waals surface area (Å²) in [6.07, 6.45) is 0.374. The van der Waals surface area contributed by atoms with E-state index in [-0.39, 0.29) is 5.95 Å². The van der Waals surface area contributed by atoms with Gasteiger partial charge in [0, 0.05) is 18.3 Å². The van der Waals surface area contributed by atoms with Crippen molar-refractivity contribution in [3.8, 4) is 6.07 Å². The number of rotatable bonds is 4. The zero-order valence-corrected chi connectivity index (χ0v) is 10.3. The molecule has 4 N–H and O–H groups in total. The molecule has 0 saturated heterocycles. The van der Waals surface area contributed by atoms with Crippen molar-refractivity contribution in [2.75, 3.05) is 22.9 Å². The van der Waals surface area contributed by atoms with Crippen LogP contribution in [-0.2, 0) is 0 Å². The summed E-state index contributed by atoms with van der Waals surface area (Å²) in [5.74, 6) is 1.01. The number of nitrogens with two attached hydrogens (primary N) is 2. The van der Waals surface area contributed by atoms with E-state index in [1.165, 1.54) is 0 Å². The summed E-state index contributed by atoms with van der Waals surface area (Å²) in [4.78, 5) is 9.90. The van der Waals surface area contributed by atoms with Crippen LogP contribution in [0.15, 0.2) is 36.4 Å². The molecular weight excluding hydrogens is 240 g/mol. The van der Waals surface area contributed by atoms with E-state index in [0.29, 0.717) is 24.6 Å². The van der Waals surface area contributed by atoms with E-state index in [4.69, 9.17) is 16.7 Å². The highest BCUT2D eigenvalue weighted by molar-refractivity contribution is 5.63. The van der Waals surface area contributed by atoms with Crippen molar-refractivity contribution >= 4 is 23.3 Å². The van der Waals surface area contributed by atoms with Gasteiger partial charge in [0.15, 0.2) is 0 Å². The summed E-state index contributed by atoms with van der Waals surface area (Å²) in [7, 11) is 0. The molecule has 0 aliphatic heterocycles. The molecule has 0 aliphatic rings. The molecular formula is C13H14N6. The molecule has 2 rings (SSSR count). The molecule has 0 fully saturated rings. The second-order valence-corrected chi connectivity index (χ2v) is 3.90. The first-order valence-corrected chi connectivity index (χ1v) is 5.80. The summed E-state index contributed by atoms with van der Waals surface area (Å²) in [6, 6.07) is 13.4. The standard InChI is InChI=1S/C13H14N6/c14-7-4-8-19(10-5-2-1-3-6-10)12-9-11(15)17-13(16)18-12/h1-3,5-6,9H,4,8H2,(H4,15,16,17,18). The van der Waals surface area contributed by atoms with E-state index >= 15 is 0 Å². The fraction of sp³-hybridized carbons (Fsp3) is 0.154. The maximum absolute atomic E-state index is 8.76. The van der Waals surface area contributed by atoms with Crippen molar-refractivity contribution in [3.05, 3.63) is 36.4 Å². The molecule has 0 atom stereocenters. The summed E-state index contributed by atoms with van der Waals surface area (Å²) in [5.41, 5.74) is 12.2. The Morgan fingerprint density at radius 3 is 2.53 bits per heavy atom. The first kappa shape index (κ1) is 12.6. The maximum atomic E-state index is 8.76. The highest BCUT2D eigenvalue weighted by atomic mass is 15.2. The lowest BCUT2D eigenvalue weighted by Crippen LogP contribution is -2.20. The van der Waals surface area contributed by atoms with E-state index in [1.807, 2.05) is 35.2 Å². The van der Waals surface area contributed by atoms with Crippen molar-refractivity contribution in [2.24, 2.45) is 0 Å². The van der Waals surface area contributed by atoms with Crippen molar-refractivity contribution in [1.29, 1.82) is 5.26 Å². The van der Waals surface area contributed by atoms with Crippen LogP contribution in [0.25, 0.3) is 0 Å². The van der Waals surface area contributed by atoms with Gasteiger partial charge in [0.1, 0.15) is 11.6 Å². The number of anilines is 4. The van der Waals surface area contributed by atoms with Crippen LogP contribution in [0, 0.1) is 11.3 Å². The number of nitrogens with zero attached hydrogens (tertiary/aromatic N) is 4. The van der Waals surface area contributed by atoms with Gasteiger partial charge in [0.2, 0.25) is 5.95 Å². The van der Waals surface area contributed by atoms with Gasteiger partial charge in [-0.1, -0.05) is 18.2 Å². The van der Waals surface area contributed by atoms with Gasteiger partial charge >= 0.3 is 0 Å². The number of benzene rings is 1. The molecule has 0 saturated carbocycles. The van der Waals surface area contributed by atoms with E-state index in [2.05, 4.69) is 16.0 Å². The van der Waals surface area contributed by atoms with Gasteiger partial charge in [-0.25, -0.2) is 0 Å². The fourth-order valence-corrected chi connectivity index (χ4v) is 1.76. The monoisotopic (exact) mass is 254 g/mol. The van der Waals surface area contributed by atoms with Crippen LogP contribution < -0.4 is 16.4 Å². The summed E-state index contributed by atoms with van der Waals surface area (Å²) >= 11 is 0. The summed E-state index contributed by atoms with van der Waals surface area (Å²) in [5, 5.41) is 8.76. The number of aromatic nitrogens is 2. The largest absolute Gasteiger partial charge is 0.383 e. The molecule has 1 aromatic heterocycles. The van der Waals surface area contributed by atoms with E-state index in [9.17, 15) is 0 Å². The molecule has 19 heavy (non-hydrogen) atoms. The van der Waals surface area contributed by atoms with Crippen LogP contribution in [0.4, 0.5) is 23.3 Å². The predicted octanol–water partition coefficient (Wildman–Crippen LogP) is 1.69. The quantitative estimate of drug-likeness (QED) is 0.860. The lowest BCUT2D eigenvalue weighted by atomic mass is 10.2. The number of nitrogen functional groups attached to an aromatic ring is 2. The van der Waals surface area contributed by atoms with Crippen LogP contribution in [-0.4, -0.2) is 16.5 Å².